The molecule has 20 heavy (non-hydrogen) atoms. The highest BCUT2D eigenvalue weighted by Crippen LogP contribution is 2.32. The lowest BCUT2D eigenvalue weighted by molar-refractivity contribution is 0.300. The third kappa shape index (κ3) is 4.34. The van der Waals surface area contributed by atoms with Gasteiger partial charge in [0.1, 0.15) is 0 Å². The first-order valence-corrected chi connectivity index (χ1v) is 8.51. The van der Waals surface area contributed by atoms with Crippen LogP contribution in [0.5, 0.6) is 0 Å². The predicted molar refractivity (Wildman–Crippen MR) is 88.1 cm³/mol. The quantitative estimate of drug-likeness (QED) is 0.740. The second kappa shape index (κ2) is 7.83. The molecule has 0 saturated heterocycles. The van der Waals surface area contributed by atoms with Crippen LogP contribution in [0.1, 0.15) is 74.6 Å². The molecule has 112 valence electrons. The molecule has 0 radical (unpaired) electrons. The minimum absolute atomic E-state index is 0.553. The maximum atomic E-state index is 3.78. The van der Waals surface area contributed by atoms with Crippen molar-refractivity contribution >= 4 is 0 Å². The highest BCUT2D eigenvalue weighted by molar-refractivity contribution is 5.31. The van der Waals surface area contributed by atoms with E-state index in [1.165, 1.54) is 61.6 Å². The third-order valence-electron chi connectivity index (χ3n) is 4.87. The van der Waals surface area contributed by atoms with Crippen molar-refractivity contribution in [3.05, 3.63) is 34.9 Å². The van der Waals surface area contributed by atoms with Gasteiger partial charge in [0.2, 0.25) is 0 Å². The van der Waals surface area contributed by atoms with Gasteiger partial charge in [-0.15, -0.1) is 0 Å². The van der Waals surface area contributed by atoms with Gasteiger partial charge >= 0.3 is 0 Å². The van der Waals surface area contributed by atoms with E-state index in [4.69, 9.17) is 0 Å². The Kier molecular flexibility index (Phi) is 6.09. The molecular weight excluding hydrogens is 242 g/mol. The van der Waals surface area contributed by atoms with Crippen LogP contribution >= 0.6 is 0 Å². The van der Waals surface area contributed by atoms with Crippen molar-refractivity contribution in [3.8, 4) is 0 Å². The van der Waals surface area contributed by atoms with Gasteiger partial charge in [0.05, 0.1) is 0 Å². The molecule has 0 amide bonds. The highest BCUT2D eigenvalue weighted by Gasteiger charge is 2.20. The maximum absolute atomic E-state index is 3.78. The summed E-state index contributed by atoms with van der Waals surface area (Å²) in [5.74, 6) is 0.930. The van der Waals surface area contributed by atoms with E-state index in [0.717, 1.165) is 12.5 Å². The summed E-state index contributed by atoms with van der Waals surface area (Å²) in [5.41, 5.74) is 4.32. The van der Waals surface area contributed by atoms with E-state index in [1.54, 1.807) is 0 Å². The summed E-state index contributed by atoms with van der Waals surface area (Å²) in [6, 6.07) is 7.56. The van der Waals surface area contributed by atoms with Gasteiger partial charge in [-0.25, -0.2) is 0 Å². The van der Waals surface area contributed by atoms with Crippen LogP contribution < -0.4 is 5.32 Å². The monoisotopic (exact) mass is 273 g/mol. The lowest BCUT2D eigenvalue weighted by Gasteiger charge is -2.28. The van der Waals surface area contributed by atoms with Crippen LogP contribution in [0.3, 0.4) is 0 Å². The fourth-order valence-corrected chi connectivity index (χ4v) is 3.39. The summed E-state index contributed by atoms with van der Waals surface area (Å²) < 4.78 is 0. The molecule has 0 heterocycles. The first-order chi connectivity index (χ1) is 9.70. The van der Waals surface area contributed by atoms with Crippen molar-refractivity contribution in [1.82, 2.24) is 5.32 Å². The Bertz CT molecular complexity index is 404. The van der Waals surface area contributed by atoms with E-state index in [2.05, 4.69) is 44.3 Å². The Morgan fingerprint density at radius 2 is 1.85 bits per heavy atom. The Hall–Kier alpha value is -0.820. The number of nitrogens with one attached hydrogen (secondary N) is 1. The topological polar surface area (TPSA) is 12.0 Å². The minimum atomic E-state index is 0.553. The van der Waals surface area contributed by atoms with E-state index in [1.807, 2.05) is 0 Å². The van der Waals surface area contributed by atoms with E-state index in [0.29, 0.717) is 6.04 Å². The van der Waals surface area contributed by atoms with Gasteiger partial charge in [-0.3, -0.25) is 0 Å². The minimum Gasteiger partial charge on any atom is -0.310 e. The fraction of sp³-hybridized carbons (Fsp3) is 0.684. The van der Waals surface area contributed by atoms with Gasteiger partial charge in [0, 0.05) is 6.04 Å². The summed E-state index contributed by atoms with van der Waals surface area (Å²) in [5, 5.41) is 3.78. The number of rotatable bonds is 6. The van der Waals surface area contributed by atoms with Crippen LogP contribution in [-0.4, -0.2) is 6.54 Å². The lowest BCUT2D eigenvalue weighted by atomic mass is 9.83. The van der Waals surface area contributed by atoms with Crippen LogP contribution in [-0.2, 0) is 0 Å². The number of hydrogen-bond donors (Lipinski definition) is 1. The molecule has 1 N–H and O–H groups in total. The zero-order chi connectivity index (χ0) is 14.4. The summed E-state index contributed by atoms with van der Waals surface area (Å²) in [6.45, 7) is 7.82. The number of aryl methyl sites for hydroxylation is 2. The molecule has 2 rings (SSSR count). The molecule has 1 aromatic carbocycles. The van der Waals surface area contributed by atoms with Crippen molar-refractivity contribution in [2.24, 2.45) is 5.92 Å². The average molecular weight is 273 g/mol. The van der Waals surface area contributed by atoms with Gasteiger partial charge in [0.25, 0.3) is 0 Å². The molecule has 1 saturated carbocycles. The van der Waals surface area contributed by atoms with Gasteiger partial charge in [-0.05, 0) is 55.8 Å². The zero-order valence-electron chi connectivity index (χ0n) is 13.5. The molecule has 0 bridgehead atoms. The van der Waals surface area contributed by atoms with E-state index < -0.39 is 0 Å². The van der Waals surface area contributed by atoms with Gasteiger partial charge in [0.15, 0.2) is 0 Å². The largest absolute Gasteiger partial charge is 0.310 e. The molecule has 0 aromatic heterocycles. The summed E-state index contributed by atoms with van der Waals surface area (Å²) in [4.78, 5) is 0. The summed E-state index contributed by atoms with van der Waals surface area (Å²) >= 11 is 0. The second-order valence-electron chi connectivity index (χ2n) is 6.59. The third-order valence-corrected chi connectivity index (χ3v) is 4.87. The second-order valence-corrected chi connectivity index (χ2v) is 6.59. The van der Waals surface area contributed by atoms with E-state index >= 15 is 0 Å². The van der Waals surface area contributed by atoms with Crippen molar-refractivity contribution in [1.29, 1.82) is 0 Å². The molecule has 1 fully saturated rings. The Balaban J connectivity index is 2.06. The highest BCUT2D eigenvalue weighted by atomic mass is 14.9. The standard InChI is InChI=1S/C19H31N/c1-4-12-20-19(14-17-8-6-5-7-9-17)18-11-10-15(2)16(3)13-18/h10-11,13,17,19-20H,4-9,12,14H2,1-3H3. The van der Waals surface area contributed by atoms with Crippen LogP contribution in [0.2, 0.25) is 0 Å². The van der Waals surface area contributed by atoms with Crippen LogP contribution in [0.4, 0.5) is 0 Å². The molecule has 0 spiro atoms. The summed E-state index contributed by atoms with van der Waals surface area (Å²) in [7, 11) is 0. The van der Waals surface area contributed by atoms with Crippen molar-refractivity contribution in [2.45, 2.75) is 71.8 Å². The molecular formula is C19H31N. The van der Waals surface area contributed by atoms with Crippen LogP contribution in [0.25, 0.3) is 0 Å². The molecule has 1 aliphatic carbocycles. The number of benzene rings is 1. The lowest BCUT2D eigenvalue weighted by Crippen LogP contribution is -2.25. The van der Waals surface area contributed by atoms with Gasteiger partial charge < -0.3 is 5.32 Å². The smallest absolute Gasteiger partial charge is 0.0322 e. The zero-order valence-corrected chi connectivity index (χ0v) is 13.5. The first-order valence-electron chi connectivity index (χ1n) is 8.51. The average Bonchev–Trinajstić information content (AvgIpc) is 2.47. The molecule has 1 unspecified atom stereocenters. The molecule has 1 atom stereocenters. The van der Waals surface area contributed by atoms with Crippen molar-refractivity contribution in [3.63, 3.8) is 0 Å². The molecule has 1 aliphatic rings. The maximum Gasteiger partial charge on any atom is 0.0322 e. The Labute approximate surface area is 125 Å². The normalized spacial score (nSPS) is 18.1. The van der Waals surface area contributed by atoms with Gasteiger partial charge in [-0.1, -0.05) is 57.2 Å². The number of hydrogen-bond acceptors (Lipinski definition) is 1. The molecule has 0 aliphatic heterocycles. The van der Waals surface area contributed by atoms with E-state index in [-0.39, 0.29) is 0 Å². The Morgan fingerprint density at radius 3 is 2.50 bits per heavy atom. The first kappa shape index (κ1) is 15.6. The predicted octanol–water partition coefficient (Wildman–Crippen LogP) is 5.31. The van der Waals surface area contributed by atoms with E-state index in [9.17, 15) is 0 Å². The fourth-order valence-electron chi connectivity index (χ4n) is 3.39. The Morgan fingerprint density at radius 1 is 1.10 bits per heavy atom. The van der Waals surface area contributed by atoms with Crippen LogP contribution in [0, 0.1) is 19.8 Å². The molecule has 1 nitrogen and oxygen atoms in total. The van der Waals surface area contributed by atoms with Crippen molar-refractivity contribution in [2.75, 3.05) is 6.54 Å². The van der Waals surface area contributed by atoms with Crippen LogP contribution in [0.15, 0.2) is 18.2 Å². The van der Waals surface area contributed by atoms with Gasteiger partial charge in [-0.2, -0.15) is 0 Å². The molecule has 1 heteroatoms. The van der Waals surface area contributed by atoms with Crippen molar-refractivity contribution < 1.29 is 0 Å². The summed E-state index contributed by atoms with van der Waals surface area (Å²) in [6.07, 6.45) is 9.75. The molecule has 1 aromatic rings. The SMILES string of the molecule is CCCNC(CC1CCCCC1)c1ccc(C)c(C)c1.